The second-order valence-electron chi connectivity index (χ2n) is 4.96. The number of halogens is 1. The Labute approximate surface area is 136 Å². The van der Waals surface area contributed by atoms with E-state index in [9.17, 15) is 8.42 Å². The van der Waals surface area contributed by atoms with Gasteiger partial charge in [0.2, 0.25) is 10.0 Å². The van der Waals surface area contributed by atoms with Crippen LogP contribution in [-0.2, 0) is 15.8 Å². The highest BCUT2D eigenvalue weighted by Gasteiger charge is 2.17. The molecule has 118 valence electrons. The van der Waals surface area contributed by atoms with E-state index in [0.29, 0.717) is 10.6 Å². The summed E-state index contributed by atoms with van der Waals surface area (Å²) in [5.74, 6) is 0.586. The molecular formula is C16H18ClNO3S. The lowest BCUT2D eigenvalue weighted by Gasteiger charge is -2.15. The lowest BCUT2D eigenvalue weighted by Crippen LogP contribution is -2.28. The van der Waals surface area contributed by atoms with Crippen molar-refractivity contribution < 1.29 is 13.2 Å². The SMILES string of the molecule is COc1ccc([C@H](C)NS(=O)(=O)Cc2ccccc2Cl)cc1. The van der Waals surface area contributed by atoms with Gasteiger partial charge in [-0.15, -0.1) is 0 Å². The highest BCUT2D eigenvalue weighted by molar-refractivity contribution is 7.88. The highest BCUT2D eigenvalue weighted by Crippen LogP contribution is 2.21. The Balaban J connectivity index is 2.09. The van der Waals surface area contributed by atoms with E-state index in [1.165, 1.54) is 0 Å². The maximum absolute atomic E-state index is 12.3. The predicted octanol–water partition coefficient (Wildman–Crippen LogP) is 3.53. The van der Waals surface area contributed by atoms with Gasteiger partial charge in [-0.2, -0.15) is 0 Å². The van der Waals surface area contributed by atoms with Gasteiger partial charge in [0.1, 0.15) is 5.75 Å². The Morgan fingerprint density at radius 3 is 2.36 bits per heavy atom. The molecule has 0 fully saturated rings. The fourth-order valence-electron chi connectivity index (χ4n) is 2.09. The first-order valence-corrected chi connectivity index (χ1v) is 8.81. The number of hydrogen-bond acceptors (Lipinski definition) is 3. The number of nitrogens with one attached hydrogen (secondary N) is 1. The molecule has 0 heterocycles. The molecule has 0 saturated carbocycles. The zero-order chi connectivity index (χ0) is 16.2. The minimum Gasteiger partial charge on any atom is -0.497 e. The molecule has 0 aliphatic heterocycles. The summed E-state index contributed by atoms with van der Waals surface area (Å²) in [6, 6.07) is 13.9. The van der Waals surface area contributed by atoms with E-state index in [-0.39, 0.29) is 11.8 Å². The fourth-order valence-corrected chi connectivity index (χ4v) is 3.79. The van der Waals surface area contributed by atoms with Crippen molar-refractivity contribution in [2.24, 2.45) is 0 Å². The van der Waals surface area contributed by atoms with Gasteiger partial charge in [0.05, 0.1) is 12.9 Å². The van der Waals surface area contributed by atoms with E-state index in [2.05, 4.69) is 4.72 Å². The van der Waals surface area contributed by atoms with Crippen LogP contribution in [0.15, 0.2) is 48.5 Å². The Hall–Kier alpha value is -1.56. The van der Waals surface area contributed by atoms with Gasteiger partial charge in [-0.25, -0.2) is 13.1 Å². The molecule has 0 aliphatic rings. The fraction of sp³-hybridized carbons (Fsp3) is 0.250. The normalized spacial score (nSPS) is 12.9. The van der Waals surface area contributed by atoms with E-state index in [4.69, 9.17) is 16.3 Å². The average molecular weight is 340 g/mol. The van der Waals surface area contributed by atoms with Crippen LogP contribution >= 0.6 is 11.6 Å². The van der Waals surface area contributed by atoms with Crippen LogP contribution in [0.1, 0.15) is 24.1 Å². The van der Waals surface area contributed by atoms with E-state index in [1.807, 2.05) is 12.1 Å². The highest BCUT2D eigenvalue weighted by atomic mass is 35.5. The smallest absolute Gasteiger partial charge is 0.216 e. The first-order chi connectivity index (χ1) is 10.4. The molecule has 2 aromatic rings. The number of hydrogen-bond donors (Lipinski definition) is 1. The van der Waals surface area contributed by atoms with Crippen molar-refractivity contribution in [1.29, 1.82) is 0 Å². The standard InChI is InChI=1S/C16H18ClNO3S/c1-12(13-7-9-15(21-2)10-8-13)18-22(19,20)11-14-5-3-4-6-16(14)17/h3-10,12,18H,11H2,1-2H3/t12-/m0/s1. The molecule has 0 aromatic heterocycles. The van der Waals surface area contributed by atoms with Crippen molar-refractivity contribution in [2.75, 3.05) is 7.11 Å². The molecule has 0 bridgehead atoms. The molecular weight excluding hydrogens is 322 g/mol. The quantitative estimate of drug-likeness (QED) is 0.876. The molecule has 4 nitrogen and oxygen atoms in total. The van der Waals surface area contributed by atoms with Gasteiger partial charge >= 0.3 is 0 Å². The van der Waals surface area contributed by atoms with Crippen LogP contribution in [0.3, 0.4) is 0 Å². The molecule has 0 unspecified atom stereocenters. The molecule has 0 spiro atoms. The Morgan fingerprint density at radius 1 is 1.14 bits per heavy atom. The van der Waals surface area contributed by atoms with Crippen molar-refractivity contribution in [3.63, 3.8) is 0 Å². The summed E-state index contributed by atoms with van der Waals surface area (Å²) in [5, 5.41) is 0.449. The zero-order valence-corrected chi connectivity index (χ0v) is 14.0. The van der Waals surface area contributed by atoms with E-state index in [1.54, 1.807) is 50.4 Å². The van der Waals surface area contributed by atoms with Gasteiger partial charge in [-0.05, 0) is 36.2 Å². The molecule has 0 saturated heterocycles. The number of rotatable bonds is 6. The summed E-state index contributed by atoms with van der Waals surface area (Å²) in [7, 11) is -1.90. The van der Waals surface area contributed by atoms with Crippen molar-refractivity contribution in [3.05, 3.63) is 64.7 Å². The zero-order valence-electron chi connectivity index (χ0n) is 12.4. The second-order valence-corrected chi connectivity index (χ2v) is 7.12. The molecule has 2 rings (SSSR count). The monoisotopic (exact) mass is 339 g/mol. The Morgan fingerprint density at radius 2 is 1.77 bits per heavy atom. The maximum atomic E-state index is 12.3. The number of methoxy groups -OCH3 is 1. The van der Waals surface area contributed by atoms with E-state index >= 15 is 0 Å². The van der Waals surface area contributed by atoms with Crippen LogP contribution in [0.5, 0.6) is 5.75 Å². The Bertz CT molecular complexity index is 729. The topological polar surface area (TPSA) is 55.4 Å². The molecule has 0 amide bonds. The molecule has 22 heavy (non-hydrogen) atoms. The van der Waals surface area contributed by atoms with Crippen LogP contribution in [0.2, 0.25) is 5.02 Å². The molecule has 6 heteroatoms. The van der Waals surface area contributed by atoms with Gasteiger partial charge in [0.25, 0.3) is 0 Å². The van der Waals surface area contributed by atoms with Crippen LogP contribution in [0.25, 0.3) is 0 Å². The molecule has 0 radical (unpaired) electrons. The first-order valence-electron chi connectivity index (χ1n) is 6.78. The number of sulfonamides is 1. The van der Waals surface area contributed by atoms with Gasteiger partial charge in [0.15, 0.2) is 0 Å². The van der Waals surface area contributed by atoms with Crippen LogP contribution in [0, 0.1) is 0 Å². The van der Waals surface area contributed by atoms with Crippen molar-refractivity contribution >= 4 is 21.6 Å². The van der Waals surface area contributed by atoms with Crippen molar-refractivity contribution in [2.45, 2.75) is 18.7 Å². The maximum Gasteiger partial charge on any atom is 0.216 e. The largest absolute Gasteiger partial charge is 0.497 e. The van der Waals surface area contributed by atoms with Crippen molar-refractivity contribution in [1.82, 2.24) is 4.72 Å². The third-order valence-electron chi connectivity index (χ3n) is 3.28. The molecule has 2 aromatic carbocycles. The summed E-state index contributed by atoms with van der Waals surface area (Å²) >= 11 is 6.01. The predicted molar refractivity (Wildman–Crippen MR) is 88.6 cm³/mol. The summed E-state index contributed by atoms with van der Waals surface area (Å²) in [4.78, 5) is 0. The first kappa shape index (κ1) is 16.8. The van der Waals surface area contributed by atoms with Gasteiger partial charge in [-0.3, -0.25) is 0 Å². The van der Waals surface area contributed by atoms with Gasteiger partial charge in [-0.1, -0.05) is 41.9 Å². The summed E-state index contributed by atoms with van der Waals surface area (Å²) < 4.78 is 32.3. The molecule has 0 aliphatic carbocycles. The minimum absolute atomic E-state index is 0.146. The third kappa shape index (κ3) is 4.47. The Kier molecular flexibility index (Phi) is 5.45. The third-order valence-corrected chi connectivity index (χ3v) is 5.05. The van der Waals surface area contributed by atoms with E-state index in [0.717, 1.165) is 11.3 Å². The lowest BCUT2D eigenvalue weighted by molar-refractivity contribution is 0.414. The number of ether oxygens (including phenoxy) is 1. The second kappa shape index (κ2) is 7.13. The average Bonchev–Trinajstić information content (AvgIpc) is 2.49. The summed E-state index contributed by atoms with van der Waals surface area (Å²) in [6.45, 7) is 1.80. The van der Waals surface area contributed by atoms with Crippen LogP contribution in [-0.4, -0.2) is 15.5 Å². The van der Waals surface area contributed by atoms with E-state index < -0.39 is 10.0 Å². The van der Waals surface area contributed by atoms with Gasteiger partial charge < -0.3 is 4.74 Å². The summed E-state index contributed by atoms with van der Waals surface area (Å²) in [6.07, 6.45) is 0. The summed E-state index contributed by atoms with van der Waals surface area (Å²) in [5.41, 5.74) is 1.45. The molecule has 1 atom stereocenters. The minimum atomic E-state index is -3.49. The molecule has 1 N–H and O–H groups in total. The van der Waals surface area contributed by atoms with Crippen molar-refractivity contribution in [3.8, 4) is 5.75 Å². The number of benzene rings is 2. The van der Waals surface area contributed by atoms with Gasteiger partial charge in [0, 0.05) is 11.1 Å². The lowest BCUT2D eigenvalue weighted by atomic mass is 10.1. The van der Waals surface area contributed by atoms with Crippen LogP contribution < -0.4 is 9.46 Å². The van der Waals surface area contributed by atoms with Crippen LogP contribution in [0.4, 0.5) is 0 Å².